The van der Waals surface area contributed by atoms with E-state index in [0.717, 1.165) is 12.8 Å². The van der Waals surface area contributed by atoms with Crippen molar-refractivity contribution in [2.45, 2.75) is 149 Å². The van der Waals surface area contributed by atoms with Crippen LogP contribution in [-0.2, 0) is 28.2 Å². The van der Waals surface area contributed by atoms with Crippen LogP contribution in [0, 0.1) is 0 Å². The zero-order chi connectivity index (χ0) is 26.0. The third kappa shape index (κ3) is 27.5. The molecule has 208 valence electrons. The summed E-state index contributed by atoms with van der Waals surface area (Å²) >= 11 is 0. The molecule has 35 heavy (non-hydrogen) atoms. The highest BCUT2D eigenvalue weighted by Gasteiger charge is 1.99. The zero-order valence-corrected chi connectivity index (χ0v) is 24.0. The summed E-state index contributed by atoms with van der Waals surface area (Å²) < 4.78 is 38.8. The Morgan fingerprint density at radius 2 is 1.09 bits per heavy atom. The first-order valence-electron chi connectivity index (χ1n) is 14.5. The fraction of sp³-hybridized carbons (Fsp3) is 0.893. The lowest BCUT2D eigenvalue weighted by Crippen LogP contribution is -2.23. The highest BCUT2D eigenvalue weighted by molar-refractivity contribution is 7.80. The summed E-state index contributed by atoms with van der Waals surface area (Å²) in [6.45, 7) is 5.70. The molecule has 0 aliphatic heterocycles. The van der Waals surface area contributed by atoms with Gasteiger partial charge < -0.3 is 4.55 Å². The first-order valence-corrected chi connectivity index (χ1v) is 15.8. The molecule has 0 atom stereocenters. The normalized spacial score (nSPS) is 11.4. The Balaban J connectivity index is 0.000000662. The van der Waals surface area contributed by atoms with Gasteiger partial charge >= 0.3 is 0 Å². The maximum absolute atomic E-state index is 10.1. The fourth-order valence-electron chi connectivity index (χ4n) is 4.17. The molecule has 0 aliphatic rings. The summed E-state index contributed by atoms with van der Waals surface area (Å²) in [5, 5.41) is 0. The smallest absolute Gasteiger partial charge is 0.243 e. The largest absolute Gasteiger partial charge is 0.726 e. The predicted octanol–water partition coefficient (Wildman–Crippen LogP) is 7.62. The van der Waals surface area contributed by atoms with Crippen molar-refractivity contribution in [2.24, 2.45) is 7.05 Å². The van der Waals surface area contributed by atoms with E-state index in [-0.39, 0.29) is 6.61 Å². The summed E-state index contributed by atoms with van der Waals surface area (Å²) in [4.78, 5) is 0. The van der Waals surface area contributed by atoms with E-state index < -0.39 is 10.4 Å². The quantitative estimate of drug-likeness (QED) is 0.0649. The van der Waals surface area contributed by atoms with Gasteiger partial charge in [0.05, 0.1) is 20.2 Å². The number of imidazole rings is 1. The van der Waals surface area contributed by atoms with E-state index in [4.69, 9.17) is 0 Å². The van der Waals surface area contributed by atoms with Gasteiger partial charge in [-0.2, -0.15) is 0 Å². The van der Waals surface area contributed by atoms with E-state index in [0.29, 0.717) is 6.42 Å². The highest BCUT2D eigenvalue weighted by Crippen LogP contribution is 2.11. The molecule has 6 nitrogen and oxygen atoms in total. The molecule has 0 fully saturated rings. The van der Waals surface area contributed by atoms with Crippen LogP contribution in [-0.4, -0.2) is 24.1 Å². The van der Waals surface area contributed by atoms with Gasteiger partial charge in [-0.05, 0) is 19.3 Å². The molecule has 1 rings (SSSR count). The topological polar surface area (TPSA) is 75.2 Å². The first-order chi connectivity index (χ1) is 16.9. The second-order valence-corrected chi connectivity index (χ2v) is 11.0. The Bertz CT molecular complexity index is 662. The Kier molecular flexibility index (Phi) is 24.1. The number of hydrogen-bond acceptors (Lipinski definition) is 4. The lowest BCUT2D eigenvalue weighted by atomic mass is 10.1. The van der Waals surface area contributed by atoms with Gasteiger partial charge in [-0.25, -0.2) is 17.6 Å². The molecule has 7 heteroatoms. The summed E-state index contributed by atoms with van der Waals surface area (Å²) in [5.74, 6) is 0. The van der Waals surface area contributed by atoms with Crippen molar-refractivity contribution >= 4 is 10.4 Å². The highest BCUT2D eigenvalue weighted by atomic mass is 32.3. The van der Waals surface area contributed by atoms with Crippen LogP contribution in [0.2, 0.25) is 0 Å². The van der Waals surface area contributed by atoms with Crippen LogP contribution in [0.4, 0.5) is 0 Å². The van der Waals surface area contributed by atoms with Gasteiger partial charge in [0.2, 0.25) is 16.7 Å². The molecule has 0 N–H and O–H groups in total. The molecule has 0 bridgehead atoms. The van der Waals surface area contributed by atoms with Gasteiger partial charge in [0.1, 0.15) is 12.4 Å². The van der Waals surface area contributed by atoms with E-state index >= 15 is 0 Å². The fourth-order valence-corrected chi connectivity index (χ4v) is 4.49. The van der Waals surface area contributed by atoms with Gasteiger partial charge in [0, 0.05) is 0 Å². The lowest BCUT2D eigenvalue weighted by Gasteiger charge is -2.06. The van der Waals surface area contributed by atoms with Crippen molar-refractivity contribution in [3.63, 3.8) is 0 Å². The number of aromatic nitrogens is 2. The minimum Gasteiger partial charge on any atom is -0.726 e. The molecular formula is C28H56N2O4S. The minimum atomic E-state index is -4.48. The Morgan fingerprint density at radius 1 is 0.686 bits per heavy atom. The van der Waals surface area contributed by atoms with Crippen LogP contribution in [0.3, 0.4) is 0 Å². The zero-order valence-electron chi connectivity index (χ0n) is 23.2. The van der Waals surface area contributed by atoms with Gasteiger partial charge in [0.25, 0.3) is 0 Å². The number of rotatable bonds is 23. The monoisotopic (exact) mass is 516 g/mol. The first kappa shape index (κ1) is 34.1. The van der Waals surface area contributed by atoms with E-state index in [9.17, 15) is 13.0 Å². The molecule has 0 amide bonds. The van der Waals surface area contributed by atoms with E-state index in [1.807, 2.05) is 0 Å². The van der Waals surface area contributed by atoms with Crippen LogP contribution in [0.1, 0.15) is 142 Å². The standard InChI is InChI=1S/C16H31N2.C12H26O4S/c1-3-4-5-6-7-8-9-10-11-12-13-18-15-14-17(2)16-18;1-2-3-4-5-6-7-8-9-10-11-12-16-17(13,14)15/h14-16H,3-13H2,1-2H3;2-12H2,1H3,(H,13,14,15)/q+1;/p-1. The Labute approximate surface area is 217 Å². The number of aryl methyl sites for hydroxylation is 2. The van der Waals surface area contributed by atoms with Crippen molar-refractivity contribution < 1.29 is 21.7 Å². The van der Waals surface area contributed by atoms with E-state index in [1.54, 1.807) is 0 Å². The maximum atomic E-state index is 10.1. The summed E-state index contributed by atoms with van der Waals surface area (Å²) in [5.41, 5.74) is 0. The minimum absolute atomic E-state index is 0.0301. The summed E-state index contributed by atoms with van der Waals surface area (Å²) in [6.07, 6.45) is 32.3. The van der Waals surface area contributed by atoms with Gasteiger partial charge in [-0.15, -0.1) is 0 Å². The van der Waals surface area contributed by atoms with Crippen molar-refractivity contribution in [1.82, 2.24) is 4.57 Å². The second kappa shape index (κ2) is 24.8. The number of nitrogens with zero attached hydrogens (tertiary/aromatic N) is 2. The molecule has 0 aromatic carbocycles. The summed E-state index contributed by atoms with van der Waals surface area (Å²) in [7, 11) is -2.41. The van der Waals surface area contributed by atoms with Crippen LogP contribution in [0.5, 0.6) is 0 Å². The molecule has 0 aliphatic carbocycles. The Morgan fingerprint density at radius 3 is 1.46 bits per heavy atom. The van der Waals surface area contributed by atoms with Crippen LogP contribution >= 0.6 is 0 Å². The maximum Gasteiger partial charge on any atom is 0.243 e. The molecule has 0 saturated carbocycles. The Hall–Kier alpha value is -0.920. The molecule has 0 spiro atoms. The van der Waals surface area contributed by atoms with Gasteiger partial charge in [-0.3, -0.25) is 4.18 Å². The van der Waals surface area contributed by atoms with E-state index in [2.05, 4.69) is 52.9 Å². The van der Waals surface area contributed by atoms with Gasteiger partial charge in [-0.1, -0.05) is 123 Å². The molecule has 0 unspecified atom stereocenters. The average Bonchev–Trinajstić information content (AvgIpc) is 3.23. The van der Waals surface area contributed by atoms with Crippen LogP contribution in [0.15, 0.2) is 18.7 Å². The van der Waals surface area contributed by atoms with E-state index in [1.165, 1.54) is 116 Å². The number of hydrogen-bond donors (Lipinski definition) is 0. The molecule has 0 saturated heterocycles. The summed E-state index contributed by atoms with van der Waals surface area (Å²) in [6, 6.07) is 0. The van der Waals surface area contributed by atoms with Crippen molar-refractivity contribution in [2.75, 3.05) is 6.61 Å². The lowest BCUT2D eigenvalue weighted by molar-refractivity contribution is -0.671. The molecule has 1 aromatic heterocycles. The molecule has 1 aromatic rings. The molecule has 1 heterocycles. The third-order valence-corrected chi connectivity index (χ3v) is 6.77. The van der Waals surface area contributed by atoms with Crippen LogP contribution in [0.25, 0.3) is 0 Å². The van der Waals surface area contributed by atoms with Crippen molar-refractivity contribution in [1.29, 1.82) is 0 Å². The van der Waals surface area contributed by atoms with Gasteiger partial charge in [0.15, 0.2) is 0 Å². The SMILES string of the molecule is CCCCCCCCCCCCOS(=O)(=O)[O-].CCCCCCCCCCCCn1cc[n+](C)c1. The molecule has 0 radical (unpaired) electrons. The third-order valence-electron chi connectivity index (χ3n) is 6.32. The van der Waals surface area contributed by atoms with Crippen LogP contribution < -0.4 is 4.57 Å². The molecular weight excluding hydrogens is 460 g/mol. The van der Waals surface area contributed by atoms with Crippen molar-refractivity contribution in [3.05, 3.63) is 18.7 Å². The average molecular weight is 517 g/mol. The second-order valence-electron chi connectivity index (χ2n) is 9.91. The van der Waals surface area contributed by atoms with Crippen molar-refractivity contribution in [3.8, 4) is 0 Å². The predicted molar refractivity (Wildman–Crippen MR) is 145 cm³/mol. The number of unbranched alkanes of at least 4 members (excludes halogenated alkanes) is 18.